The van der Waals surface area contributed by atoms with Gasteiger partial charge >= 0.3 is 6.03 Å². The third-order valence-corrected chi connectivity index (χ3v) is 4.58. The highest BCUT2D eigenvalue weighted by molar-refractivity contribution is 6.30. The molecule has 3 amide bonds. The summed E-state index contributed by atoms with van der Waals surface area (Å²) < 4.78 is 0. The molecule has 2 N–H and O–H groups in total. The van der Waals surface area contributed by atoms with Crippen LogP contribution < -0.4 is 10.7 Å². The van der Waals surface area contributed by atoms with Crippen LogP contribution in [0.15, 0.2) is 48.5 Å². The van der Waals surface area contributed by atoms with Gasteiger partial charge in [0.2, 0.25) is 5.91 Å². The molecule has 0 spiro atoms. The van der Waals surface area contributed by atoms with Crippen molar-refractivity contribution in [3.8, 4) is 0 Å². The zero-order chi connectivity index (χ0) is 16.0. The Morgan fingerprint density at radius 1 is 1.22 bits per heavy atom. The lowest BCUT2D eigenvalue weighted by atomic mass is 9.99. The molecule has 23 heavy (non-hydrogen) atoms. The molecule has 2 unspecified atom stereocenters. The van der Waals surface area contributed by atoms with E-state index in [1.54, 1.807) is 24.3 Å². The molecule has 1 heterocycles. The Morgan fingerprint density at radius 2 is 2.04 bits per heavy atom. The third kappa shape index (κ3) is 2.33. The largest absolute Gasteiger partial charge is 0.340 e. The second-order valence-electron chi connectivity index (χ2n) is 5.73. The number of nitrogens with zero attached hydrogens (tertiary/aromatic N) is 1. The Balaban J connectivity index is 1.57. The molecule has 1 fully saturated rings. The summed E-state index contributed by atoms with van der Waals surface area (Å²) in [6, 6.07) is 14.2. The molecule has 0 saturated carbocycles. The van der Waals surface area contributed by atoms with Gasteiger partial charge in [-0.3, -0.25) is 10.2 Å². The molecule has 0 radical (unpaired) electrons. The lowest BCUT2D eigenvalue weighted by molar-refractivity contribution is -0.121. The average molecular weight is 328 g/mol. The van der Waals surface area contributed by atoms with Gasteiger partial charge in [-0.1, -0.05) is 41.9 Å². The van der Waals surface area contributed by atoms with Crippen molar-refractivity contribution in [3.05, 3.63) is 64.7 Å². The molecule has 2 aromatic rings. The highest BCUT2D eigenvalue weighted by atomic mass is 35.5. The summed E-state index contributed by atoms with van der Waals surface area (Å²) in [5.74, 6) is -0.433. The summed E-state index contributed by atoms with van der Waals surface area (Å²) in [7, 11) is 0. The van der Waals surface area contributed by atoms with Crippen molar-refractivity contribution < 1.29 is 9.59 Å². The zero-order valence-corrected chi connectivity index (χ0v) is 12.9. The minimum atomic E-state index is -0.360. The van der Waals surface area contributed by atoms with Crippen LogP contribution in [0.4, 0.5) is 10.5 Å². The van der Waals surface area contributed by atoms with E-state index in [4.69, 9.17) is 11.6 Å². The molecule has 1 aliphatic carbocycles. The Hall–Kier alpha value is -2.53. The molecule has 1 saturated heterocycles. The number of amides is 3. The molecule has 116 valence electrons. The molecule has 5 nitrogen and oxygen atoms in total. The topological polar surface area (TPSA) is 61.4 Å². The Labute approximate surface area is 138 Å². The number of carbonyl (C=O) groups is 2. The van der Waals surface area contributed by atoms with Crippen molar-refractivity contribution in [2.75, 3.05) is 5.32 Å². The van der Waals surface area contributed by atoms with Crippen LogP contribution in [-0.2, 0) is 11.2 Å². The Morgan fingerprint density at radius 3 is 2.87 bits per heavy atom. The van der Waals surface area contributed by atoms with Crippen molar-refractivity contribution >= 4 is 29.2 Å². The first kappa shape index (κ1) is 14.1. The standard InChI is InChI=1S/C17H14ClN3O2/c18-11-5-3-6-12(9-11)19-17(23)21-14-8-10-4-1-2-7-13(10)15(14)16(22)20-21/h1-7,9,14-15H,8H2,(H,19,23)(H,20,22). The number of urea groups is 1. The molecular weight excluding hydrogens is 314 g/mol. The van der Waals surface area contributed by atoms with Gasteiger partial charge in [-0.25, -0.2) is 9.80 Å². The minimum absolute atomic E-state index is 0.138. The van der Waals surface area contributed by atoms with Crippen LogP contribution in [0.1, 0.15) is 17.0 Å². The Bertz CT molecular complexity index is 808. The van der Waals surface area contributed by atoms with Gasteiger partial charge in [-0.2, -0.15) is 0 Å². The number of anilines is 1. The zero-order valence-electron chi connectivity index (χ0n) is 12.1. The molecule has 0 aromatic heterocycles. The van der Waals surface area contributed by atoms with Gasteiger partial charge in [0.15, 0.2) is 0 Å². The van der Waals surface area contributed by atoms with Crippen LogP contribution in [0.2, 0.25) is 5.02 Å². The van der Waals surface area contributed by atoms with Gasteiger partial charge in [-0.15, -0.1) is 0 Å². The summed E-state index contributed by atoms with van der Waals surface area (Å²) in [4.78, 5) is 24.8. The van der Waals surface area contributed by atoms with Crippen molar-refractivity contribution in [2.24, 2.45) is 0 Å². The minimum Gasteiger partial charge on any atom is -0.306 e. The van der Waals surface area contributed by atoms with Crippen molar-refractivity contribution in [1.29, 1.82) is 0 Å². The predicted molar refractivity (Wildman–Crippen MR) is 87.1 cm³/mol. The average Bonchev–Trinajstić information content (AvgIpc) is 3.05. The van der Waals surface area contributed by atoms with Crippen LogP contribution >= 0.6 is 11.6 Å². The summed E-state index contributed by atoms with van der Waals surface area (Å²) in [5, 5.41) is 4.71. The van der Waals surface area contributed by atoms with E-state index in [0.717, 1.165) is 11.1 Å². The first-order valence-electron chi connectivity index (χ1n) is 7.37. The normalized spacial score (nSPS) is 21.6. The summed E-state index contributed by atoms with van der Waals surface area (Å²) in [6.45, 7) is 0. The molecule has 2 aliphatic rings. The number of fused-ring (bicyclic) bond motifs is 3. The molecule has 4 rings (SSSR count). The van der Waals surface area contributed by atoms with Crippen LogP contribution in [0, 0.1) is 0 Å². The van der Waals surface area contributed by atoms with E-state index in [0.29, 0.717) is 17.1 Å². The molecular formula is C17H14ClN3O2. The van der Waals surface area contributed by atoms with Gasteiger partial charge in [0.05, 0.1) is 12.0 Å². The Kier molecular flexibility index (Phi) is 3.23. The smallest absolute Gasteiger partial charge is 0.306 e. The second-order valence-corrected chi connectivity index (χ2v) is 6.17. The van der Waals surface area contributed by atoms with E-state index in [2.05, 4.69) is 10.7 Å². The predicted octanol–water partition coefficient (Wildman–Crippen LogP) is 2.93. The van der Waals surface area contributed by atoms with Crippen molar-refractivity contribution in [1.82, 2.24) is 10.4 Å². The molecule has 1 aliphatic heterocycles. The number of benzene rings is 2. The van der Waals surface area contributed by atoms with Crippen LogP contribution in [0.3, 0.4) is 0 Å². The van der Waals surface area contributed by atoms with E-state index < -0.39 is 0 Å². The summed E-state index contributed by atoms with van der Waals surface area (Å²) in [6.07, 6.45) is 0.669. The van der Waals surface area contributed by atoms with Crippen LogP contribution in [0.25, 0.3) is 0 Å². The van der Waals surface area contributed by atoms with E-state index in [1.807, 2.05) is 24.3 Å². The van der Waals surface area contributed by atoms with Crippen molar-refractivity contribution in [2.45, 2.75) is 18.4 Å². The maximum absolute atomic E-state index is 12.5. The first-order valence-corrected chi connectivity index (χ1v) is 7.75. The lowest BCUT2D eigenvalue weighted by Gasteiger charge is -2.22. The van der Waals surface area contributed by atoms with E-state index in [1.165, 1.54) is 5.01 Å². The fourth-order valence-corrected chi connectivity index (χ4v) is 3.54. The SMILES string of the molecule is O=C1NN(C(=O)Nc2cccc(Cl)c2)C2Cc3ccccc3C12. The molecule has 6 heteroatoms. The maximum atomic E-state index is 12.5. The van der Waals surface area contributed by atoms with E-state index >= 15 is 0 Å². The number of hydrogen-bond donors (Lipinski definition) is 2. The van der Waals surface area contributed by atoms with Gasteiger partial charge in [-0.05, 0) is 35.7 Å². The monoisotopic (exact) mass is 327 g/mol. The number of hydrazine groups is 1. The van der Waals surface area contributed by atoms with Gasteiger partial charge < -0.3 is 5.32 Å². The second kappa shape index (κ2) is 5.28. The molecule has 2 atom stereocenters. The number of nitrogens with one attached hydrogen (secondary N) is 2. The van der Waals surface area contributed by atoms with E-state index in [-0.39, 0.29) is 23.9 Å². The number of carbonyl (C=O) groups excluding carboxylic acids is 2. The van der Waals surface area contributed by atoms with Crippen LogP contribution in [-0.4, -0.2) is 23.0 Å². The first-order chi connectivity index (χ1) is 11.1. The maximum Gasteiger partial charge on any atom is 0.340 e. The van der Waals surface area contributed by atoms with E-state index in [9.17, 15) is 9.59 Å². The molecule has 2 aromatic carbocycles. The quantitative estimate of drug-likeness (QED) is 0.846. The lowest BCUT2D eigenvalue weighted by Crippen LogP contribution is -2.46. The van der Waals surface area contributed by atoms with Gasteiger partial charge in [0.25, 0.3) is 0 Å². The van der Waals surface area contributed by atoms with Gasteiger partial charge in [0, 0.05) is 10.7 Å². The van der Waals surface area contributed by atoms with Crippen LogP contribution in [0.5, 0.6) is 0 Å². The van der Waals surface area contributed by atoms with Gasteiger partial charge in [0.1, 0.15) is 0 Å². The fraction of sp³-hybridized carbons (Fsp3) is 0.176. The number of rotatable bonds is 1. The summed E-state index contributed by atoms with van der Waals surface area (Å²) >= 11 is 5.93. The number of halogens is 1. The fourth-order valence-electron chi connectivity index (χ4n) is 3.35. The molecule has 0 bridgehead atoms. The highest BCUT2D eigenvalue weighted by Gasteiger charge is 2.48. The van der Waals surface area contributed by atoms with Crippen molar-refractivity contribution in [3.63, 3.8) is 0 Å². The third-order valence-electron chi connectivity index (χ3n) is 4.34. The number of hydrogen-bond acceptors (Lipinski definition) is 2. The highest BCUT2D eigenvalue weighted by Crippen LogP contribution is 2.39. The summed E-state index contributed by atoms with van der Waals surface area (Å²) in [5.41, 5.74) is 5.40.